The van der Waals surface area contributed by atoms with E-state index in [4.69, 9.17) is 0 Å². The summed E-state index contributed by atoms with van der Waals surface area (Å²) in [6, 6.07) is 0. The van der Waals surface area contributed by atoms with Gasteiger partial charge in [-0.1, -0.05) is 12.7 Å². The van der Waals surface area contributed by atoms with Gasteiger partial charge < -0.3 is 15.0 Å². The molecular weight excluding hydrogens is 196 g/mol. The van der Waals surface area contributed by atoms with Crippen LogP contribution in [-0.4, -0.2) is 43.1 Å². The molecule has 0 saturated carbocycles. The SMILES string of the molecule is C=CCOC(=O)NCC(=O)N1CCCC1. The molecule has 0 aromatic heterocycles. The Balaban J connectivity index is 2.15. The summed E-state index contributed by atoms with van der Waals surface area (Å²) < 4.78 is 4.67. The molecule has 0 aliphatic carbocycles. The average molecular weight is 212 g/mol. The smallest absolute Gasteiger partial charge is 0.407 e. The van der Waals surface area contributed by atoms with Gasteiger partial charge in [-0.25, -0.2) is 4.79 Å². The molecule has 1 N–H and O–H groups in total. The normalized spacial score (nSPS) is 14.8. The minimum Gasteiger partial charge on any atom is -0.445 e. The second kappa shape index (κ2) is 6.06. The van der Waals surface area contributed by atoms with E-state index in [1.54, 1.807) is 4.90 Å². The highest BCUT2D eigenvalue weighted by atomic mass is 16.5. The van der Waals surface area contributed by atoms with Crippen LogP contribution in [0.25, 0.3) is 0 Å². The van der Waals surface area contributed by atoms with Crippen molar-refractivity contribution < 1.29 is 14.3 Å². The summed E-state index contributed by atoms with van der Waals surface area (Å²) in [4.78, 5) is 24.2. The van der Waals surface area contributed by atoms with Crippen molar-refractivity contribution in [2.75, 3.05) is 26.2 Å². The zero-order valence-electron chi connectivity index (χ0n) is 8.70. The van der Waals surface area contributed by atoms with Crippen LogP contribution in [0.15, 0.2) is 12.7 Å². The van der Waals surface area contributed by atoms with E-state index in [-0.39, 0.29) is 19.1 Å². The van der Waals surface area contributed by atoms with Gasteiger partial charge in [0, 0.05) is 13.1 Å². The number of carbonyl (C=O) groups is 2. The minimum atomic E-state index is -0.581. The molecule has 1 fully saturated rings. The van der Waals surface area contributed by atoms with E-state index < -0.39 is 6.09 Å². The van der Waals surface area contributed by atoms with Crippen LogP contribution in [0.2, 0.25) is 0 Å². The van der Waals surface area contributed by atoms with Crippen LogP contribution in [-0.2, 0) is 9.53 Å². The molecule has 2 amide bonds. The Morgan fingerprint density at radius 3 is 2.67 bits per heavy atom. The maximum Gasteiger partial charge on any atom is 0.407 e. The number of carbonyl (C=O) groups excluding carboxylic acids is 2. The van der Waals surface area contributed by atoms with Gasteiger partial charge in [0.25, 0.3) is 0 Å². The molecule has 15 heavy (non-hydrogen) atoms. The molecule has 0 radical (unpaired) electrons. The van der Waals surface area contributed by atoms with Crippen molar-refractivity contribution in [2.24, 2.45) is 0 Å². The number of rotatable bonds is 4. The van der Waals surface area contributed by atoms with Crippen LogP contribution in [0, 0.1) is 0 Å². The molecule has 0 unspecified atom stereocenters. The summed E-state index contributed by atoms with van der Waals surface area (Å²) in [5, 5.41) is 2.39. The largest absolute Gasteiger partial charge is 0.445 e. The van der Waals surface area contributed by atoms with Gasteiger partial charge in [-0.2, -0.15) is 0 Å². The van der Waals surface area contributed by atoms with E-state index >= 15 is 0 Å². The third-order valence-corrected chi connectivity index (χ3v) is 2.17. The first-order valence-corrected chi connectivity index (χ1v) is 5.03. The minimum absolute atomic E-state index is 0.00990. The van der Waals surface area contributed by atoms with Gasteiger partial charge in [0.15, 0.2) is 0 Å². The molecule has 5 nitrogen and oxygen atoms in total. The third-order valence-electron chi connectivity index (χ3n) is 2.17. The molecular formula is C10H16N2O3. The molecule has 0 aromatic rings. The fraction of sp³-hybridized carbons (Fsp3) is 0.600. The van der Waals surface area contributed by atoms with Crippen molar-refractivity contribution in [3.63, 3.8) is 0 Å². The fourth-order valence-corrected chi connectivity index (χ4v) is 1.41. The van der Waals surface area contributed by atoms with Crippen LogP contribution >= 0.6 is 0 Å². The van der Waals surface area contributed by atoms with Crippen LogP contribution in [0.3, 0.4) is 0 Å². The van der Waals surface area contributed by atoms with Gasteiger partial charge in [-0.15, -0.1) is 0 Å². The maximum absolute atomic E-state index is 11.5. The second-order valence-corrected chi connectivity index (χ2v) is 3.33. The third kappa shape index (κ3) is 4.01. The van der Waals surface area contributed by atoms with Crippen molar-refractivity contribution in [1.82, 2.24) is 10.2 Å². The first kappa shape index (κ1) is 11.6. The quantitative estimate of drug-likeness (QED) is 0.691. The Morgan fingerprint density at radius 1 is 1.40 bits per heavy atom. The van der Waals surface area contributed by atoms with E-state index in [1.807, 2.05) is 0 Å². The number of nitrogens with one attached hydrogen (secondary N) is 1. The van der Waals surface area contributed by atoms with Gasteiger partial charge >= 0.3 is 6.09 Å². The zero-order chi connectivity index (χ0) is 11.1. The fourth-order valence-electron chi connectivity index (χ4n) is 1.41. The topological polar surface area (TPSA) is 58.6 Å². The highest BCUT2D eigenvalue weighted by Crippen LogP contribution is 2.06. The number of amides is 2. The van der Waals surface area contributed by atoms with E-state index in [0.717, 1.165) is 25.9 Å². The summed E-state index contributed by atoms with van der Waals surface area (Å²) in [7, 11) is 0. The van der Waals surface area contributed by atoms with Crippen LogP contribution in [0.1, 0.15) is 12.8 Å². The lowest BCUT2D eigenvalue weighted by Crippen LogP contribution is -2.38. The average Bonchev–Trinajstić information content (AvgIpc) is 2.76. The molecule has 1 heterocycles. The summed E-state index contributed by atoms with van der Waals surface area (Å²) in [5.74, 6) is -0.0527. The lowest BCUT2D eigenvalue weighted by Gasteiger charge is -2.15. The van der Waals surface area contributed by atoms with E-state index in [1.165, 1.54) is 6.08 Å². The molecule has 0 spiro atoms. The maximum atomic E-state index is 11.5. The Morgan fingerprint density at radius 2 is 2.07 bits per heavy atom. The van der Waals surface area contributed by atoms with Crippen molar-refractivity contribution in [2.45, 2.75) is 12.8 Å². The number of nitrogens with zero attached hydrogens (tertiary/aromatic N) is 1. The van der Waals surface area contributed by atoms with E-state index in [2.05, 4.69) is 16.6 Å². The van der Waals surface area contributed by atoms with Gasteiger partial charge in [0.1, 0.15) is 13.2 Å². The Kier molecular flexibility index (Phi) is 4.66. The zero-order valence-corrected chi connectivity index (χ0v) is 8.70. The summed E-state index contributed by atoms with van der Waals surface area (Å²) >= 11 is 0. The lowest BCUT2D eigenvalue weighted by molar-refractivity contribution is -0.129. The van der Waals surface area contributed by atoms with Crippen molar-refractivity contribution >= 4 is 12.0 Å². The van der Waals surface area contributed by atoms with E-state index in [0.29, 0.717) is 0 Å². The molecule has 0 aromatic carbocycles. The lowest BCUT2D eigenvalue weighted by atomic mass is 10.4. The summed E-state index contributed by atoms with van der Waals surface area (Å²) in [6.07, 6.45) is 2.99. The highest BCUT2D eigenvalue weighted by molar-refractivity contribution is 5.82. The Labute approximate surface area is 89.1 Å². The summed E-state index contributed by atoms with van der Waals surface area (Å²) in [6.45, 7) is 5.16. The standard InChI is InChI=1S/C10H16N2O3/c1-2-7-15-10(14)11-8-9(13)12-5-3-4-6-12/h2H,1,3-8H2,(H,11,14). The molecule has 84 valence electrons. The molecule has 1 rings (SSSR count). The van der Waals surface area contributed by atoms with Crippen molar-refractivity contribution in [3.8, 4) is 0 Å². The Hall–Kier alpha value is -1.52. The predicted octanol–water partition coefficient (Wildman–Crippen LogP) is 0.521. The van der Waals surface area contributed by atoms with Crippen LogP contribution in [0.4, 0.5) is 4.79 Å². The summed E-state index contributed by atoms with van der Waals surface area (Å²) in [5.41, 5.74) is 0. The predicted molar refractivity (Wildman–Crippen MR) is 55.4 cm³/mol. The van der Waals surface area contributed by atoms with Gasteiger partial charge in [0.05, 0.1) is 0 Å². The molecule has 1 saturated heterocycles. The molecule has 1 aliphatic rings. The number of hydrogen-bond acceptors (Lipinski definition) is 3. The number of ether oxygens (including phenoxy) is 1. The first-order chi connectivity index (χ1) is 7.24. The highest BCUT2D eigenvalue weighted by Gasteiger charge is 2.18. The van der Waals surface area contributed by atoms with Gasteiger partial charge in [-0.05, 0) is 12.8 Å². The van der Waals surface area contributed by atoms with Crippen LogP contribution in [0.5, 0.6) is 0 Å². The Bertz CT molecular complexity index is 247. The molecule has 5 heteroatoms. The molecule has 0 bridgehead atoms. The van der Waals surface area contributed by atoms with Crippen molar-refractivity contribution in [3.05, 3.63) is 12.7 Å². The van der Waals surface area contributed by atoms with Crippen LogP contribution < -0.4 is 5.32 Å². The number of likely N-dealkylation sites (tertiary alicyclic amines) is 1. The van der Waals surface area contributed by atoms with Gasteiger partial charge in [-0.3, -0.25) is 4.79 Å². The second-order valence-electron chi connectivity index (χ2n) is 3.33. The van der Waals surface area contributed by atoms with Gasteiger partial charge in [0.2, 0.25) is 5.91 Å². The van der Waals surface area contributed by atoms with E-state index in [9.17, 15) is 9.59 Å². The molecule has 1 aliphatic heterocycles. The monoisotopic (exact) mass is 212 g/mol. The number of hydrogen-bond donors (Lipinski definition) is 1. The number of alkyl carbamates (subject to hydrolysis) is 1. The molecule has 0 atom stereocenters. The first-order valence-electron chi connectivity index (χ1n) is 5.03. The van der Waals surface area contributed by atoms with Crippen molar-refractivity contribution in [1.29, 1.82) is 0 Å².